The largest absolute Gasteiger partial charge is 0.481 e. The fourth-order valence-electron chi connectivity index (χ4n) is 3.06. The average molecular weight is 330 g/mol. The lowest BCUT2D eigenvalue weighted by Crippen LogP contribution is -2.48. The van der Waals surface area contributed by atoms with E-state index in [4.69, 9.17) is 0 Å². The molecule has 24 heavy (non-hydrogen) atoms. The SMILES string of the molecule is CC1(C(=O)O)CCCN(C(=O)c2ccc(NC(=O)C3CC3)cc2)C1. The van der Waals surface area contributed by atoms with E-state index in [1.54, 1.807) is 36.1 Å². The van der Waals surface area contributed by atoms with Crippen molar-refractivity contribution in [2.24, 2.45) is 11.3 Å². The monoisotopic (exact) mass is 330 g/mol. The van der Waals surface area contributed by atoms with Crippen LogP contribution in [0.15, 0.2) is 24.3 Å². The summed E-state index contributed by atoms with van der Waals surface area (Å²) in [6, 6.07) is 6.79. The Morgan fingerprint density at radius 2 is 1.88 bits per heavy atom. The van der Waals surface area contributed by atoms with E-state index < -0.39 is 11.4 Å². The molecule has 2 aliphatic rings. The van der Waals surface area contributed by atoms with Crippen molar-refractivity contribution in [3.8, 4) is 0 Å². The minimum absolute atomic E-state index is 0.0299. The molecule has 1 aromatic rings. The molecule has 1 heterocycles. The summed E-state index contributed by atoms with van der Waals surface area (Å²) in [5.74, 6) is -0.865. The number of carboxylic acid groups (broad SMARTS) is 1. The Labute approximate surface area is 140 Å². The number of likely N-dealkylation sites (tertiary alicyclic amines) is 1. The highest BCUT2D eigenvalue weighted by Gasteiger charge is 2.39. The normalized spacial score (nSPS) is 23.6. The van der Waals surface area contributed by atoms with Crippen molar-refractivity contribution in [2.75, 3.05) is 18.4 Å². The molecule has 1 aromatic carbocycles. The maximum absolute atomic E-state index is 12.6. The standard InChI is InChI=1S/C18H22N2O4/c1-18(17(23)24)9-2-10-20(11-18)16(22)13-5-7-14(8-6-13)19-15(21)12-3-4-12/h5-8,12H,2-4,9-11H2,1H3,(H,19,21)(H,23,24). The molecule has 1 atom stereocenters. The van der Waals surface area contributed by atoms with Crippen LogP contribution in [0, 0.1) is 11.3 Å². The molecule has 3 rings (SSSR count). The van der Waals surface area contributed by atoms with Gasteiger partial charge in [0.15, 0.2) is 0 Å². The van der Waals surface area contributed by atoms with Gasteiger partial charge in [0.05, 0.1) is 5.41 Å². The maximum Gasteiger partial charge on any atom is 0.311 e. The maximum atomic E-state index is 12.6. The zero-order chi connectivity index (χ0) is 17.3. The van der Waals surface area contributed by atoms with E-state index in [-0.39, 0.29) is 24.3 Å². The van der Waals surface area contributed by atoms with Crippen LogP contribution in [0.2, 0.25) is 0 Å². The smallest absolute Gasteiger partial charge is 0.311 e. The molecule has 1 unspecified atom stereocenters. The summed E-state index contributed by atoms with van der Waals surface area (Å²) in [6.45, 7) is 2.48. The molecular formula is C18H22N2O4. The summed E-state index contributed by atoms with van der Waals surface area (Å²) < 4.78 is 0. The lowest BCUT2D eigenvalue weighted by atomic mass is 9.82. The van der Waals surface area contributed by atoms with Crippen LogP contribution in [-0.2, 0) is 9.59 Å². The van der Waals surface area contributed by atoms with Crippen LogP contribution in [0.25, 0.3) is 0 Å². The summed E-state index contributed by atoms with van der Waals surface area (Å²) >= 11 is 0. The van der Waals surface area contributed by atoms with Gasteiger partial charge in [0.1, 0.15) is 0 Å². The third-order valence-corrected chi connectivity index (χ3v) is 4.85. The van der Waals surface area contributed by atoms with E-state index in [1.807, 2.05) is 0 Å². The highest BCUT2D eigenvalue weighted by Crippen LogP contribution is 2.31. The number of carbonyl (C=O) groups is 3. The van der Waals surface area contributed by atoms with Crippen molar-refractivity contribution in [1.82, 2.24) is 4.90 Å². The van der Waals surface area contributed by atoms with Crippen LogP contribution < -0.4 is 5.32 Å². The number of benzene rings is 1. The van der Waals surface area contributed by atoms with Gasteiger partial charge in [-0.05, 0) is 56.9 Å². The van der Waals surface area contributed by atoms with Crippen molar-refractivity contribution >= 4 is 23.5 Å². The number of piperidine rings is 1. The Morgan fingerprint density at radius 3 is 2.46 bits per heavy atom. The second kappa shape index (κ2) is 6.26. The number of nitrogens with zero attached hydrogens (tertiary/aromatic N) is 1. The van der Waals surface area contributed by atoms with Crippen molar-refractivity contribution in [2.45, 2.75) is 32.6 Å². The topological polar surface area (TPSA) is 86.7 Å². The van der Waals surface area contributed by atoms with E-state index in [0.29, 0.717) is 30.6 Å². The van der Waals surface area contributed by atoms with E-state index >= 15 is 0 Å². The quantitative estimate of drug-likeness (QED) is 0.887. The first-order valence-electron chi connectivity index (χ1n) is 8.33. The van der Waals surface area contributed by atoms with Crippen molar-refractivity contribution in [3.63, 3.8) is 0 Å². The summed E-state index contributed by atoms with van der Waals surface area (Å²) in [7, 11) is 0. The Morgan fingerprint density at radius 1 is 1.21 bits per heavy atom. The van der Waals surface area contributed by atoms with Crippen molar-refractivity contribution in [3.05, 3.63) is 29.8 Å². The molecule has 1 saturated carbocycles. The molecule has 6 heteroatoms. The van der Waals surface area contributed by atoms with Crippen LogP contribution >= 0.6 is 0 Å². The van der Waals surface area contributed by atoms with E-state index in [1.165, 1.54) is 0 Å². The van der Waals surface area contributed by atoms with Gasteiger partial charge in [0.2, 0.25) is 5.91 Å². The summed E-state index contributed by atoms with van der Waals surface area (Å²) in [6.07, 6.45) is 3.15. The van der Waals surface area contributed by atoms with Gasteiger partial charge in [0.25, 0.3) is 5.91 Å². The van der Waals surface area contributed by atoms with Gasteiger partial charge in [0, 0.05) is 30.3 Å². The number of anilines is 1. The zero-order valence-electron chi connectivity index (χ0n) is 13.7. The third-order valence-electron chi connectivity index (χ3n) is 4.85. The Hall–Kier alpha value is -2.37. The van der Waals surface area contributed by atoms with Gasteiger partial charge >= 0.3 is 5.97 Å². The summed E-state index contributed by atoms with van der Waals surface area (Å²) in [4.78, 5) is 37.4. The lowest BCUT2D eigenvalue weighted by molar-refractivity contribution is -0.150. The predicted octanol–water partition coefficient (Wildman–Crippen LogP) is 2.36. The first kappa shape index (κ1) is 16.5. The molecule has 0 spiro atoms. The number of carbonyl (C=O) groups excluding carboxylic acids is 2. The van der Waals surface area contributed by atoms with Gasteiger partial charge in [-0.25, -0.2) is 0 Å². The number of nitrogens with one attached hydrogen (secondary N) is 1. The fourth-order valence-corrected chi connectivity index (χ4v) is 3.06. The number of carboxylic acids is 1. The summed E-state index contributed by atoms with van der Waals surface area (Å²) in [5, 5.41) is 12.2. The van der Waals surface area contributed by atoms with E-state index in [2.05, 4.69) is 5.32 Å². The number of rotatable bonds is 4. The van der Waals surface area contributed by atoms with Gasteiger partial charge in [-0.1, -0.05) is 0 Å². The average Bonchev–Trinajstić information content (AvgIpc) is 3.40. The molecule has 1 saturated heterocycles. The highest BCUT2D eigenvalue weighted by molar-refractivity contribution is 5.97. The predicted molar refractivity (Wildman–Crippen MR) is 88.7 cm³/mol. The van der Waals surface area contributed by atoms with Crippen molar-refractivity contribution in [1.29, 1.82) is 0 Å². The van der Waals surface area contributed by atoms with Crippen molar-refractivity contribution < 1.29 is 19.5 Å². The highest BCUT2D eigenvalue weighted by atomic mass is 16.4. The van der Waals surface area contributed by atoms with Crippen LogP contribution in [-0.4, -0.2) is 40.9 Å². The number of amides is 2. The Balaban J connectivity index is 1.66. The molecule has 1 aliphatic carbocycles. The second-order valence-corrected chi connectivity index (χ2v) is 7.04. The van der Waals surface area contributed by atoms with Gasteiger partial charge in [-0.2, -0.15) is 0 Å². The fraction of sp³-hybridized carbons (Fsp3) is 0.500. The number of aliphatic carboxylic acids is 1. The van der Waals surface area contributed by atoms with Crippen LogP contribution in [0.5, 0.6) is 0 Å². The second-order valence-electron chi connectivity index (χ2n) is 7.04. The zero-order valence-corrected chi connectivity index (χ0v) is 13.7. The molecule has 128 valence electrons. The van der Waals surface area contributed by atoms with E-state index in [0.717, 1.165) is 12.8 Å². The van der Waals surface area contributed by atoms with Crippen LogP contribution in [0.4, 0.5) is 5.69 Å². The third kappa shape index (κ3) is 3.42. The molecule has 0 aromatic heterocycles. The molecule has 0 bridgehead atoms. The Kier molecular flexibility index (Phi) is 4.30. The van der Waals surface area contributed by atoms with Crippen LogP contribution in [0.3, 0.4) is 0 Å². The molecule has 0 radical (unpaired) electrons. The summed E-state index contributed by atoms with van der Waals surface area (Å²) in [5.41, 5.74) is 0.304. The molecule has 2 amide bonds. The molecule has 2 fully saturated rings. The minimum atomic E-state index is -0.883. The van der Waals surface area contributed by atoms with Gasteiger partial charge < -0.3 is 15.3 Å². The van der Waals surface area contributed by atoms with Gasteiger partial charge in [-0.15, -0.1) is 0 Å². The van der Waals surface area contributed by atoms with E-state index in [9.17, 15) is 19.5 Å². The van der Waals surface area contributed by atoms with Crippen LogP contribution in [0.1, 0.15) is 43.0 Å². The van der Waals surface area contributed by atoms with Gasteiger partial charge in [-0.3, -0.25) is 14.4 Å². The minimum Gasteiger partial charge on any atom is -0.481 e. The Bertz CT molecular complexity index is 666. The molecular weight excluding hydrogens is 308 g/mol. The molecule has 2 N–H and O–H groups in total. The molecule has 6 nitrogen and oxygen atoms in total. The number of hydrogen-bond acceptors (Lipinski definition) is 3. The number of hydrogen-bond donors (Lipinski definition) is 2. The first-order chi connectivity index (χ1) is 11.4. The molecule has 1 aliphatic heterocycles. The first-order valence-corrected chi connectivity index (χ1v) is 8.33. The lowest BCUT2D eigenvalue weighted by Gasteiger charge is -2.37.